The molecule has 7 heteroatoms. The molecule has 2 rings (SSSR count). The van der Waals surface area contributed by atoms with Crippen LogP contribution < -0.4 is 14.8 Å². The van der Waals surface area contributed by atoms with Crippen LogP contribution in [0.3, 0.4) is 0 Å². The zero-order valence-electron chi connectivity index (χ0n) is 13.7. The fraction of sp³-hybridized carbons (Fsp3) is 0.167. The number of nitrogens with one attached hydrogen (secondary N) is 1. The SMILES string of the molecule is COc1ccc(OC)c(C(=O)OCC(=O)Nc2cccc(C#N)c2)c1. The lowest BCUT2D eigenvalue weighted by Crippen LogP contribution is -2.21. The number of anilines is 1. The van der Waals surface area contributed by atoms with E-state index in [0.29, 0.717) is 22.7 Å². The first kappa shape index (κ1) is 17.8. The number of nitrogens with zero attached hydrogens (tertiary/aromatic N) is 1. The minimum atomic E-state index is -0.711. The zero-order valence-corrected chi connectivity index (χ0v) is 13.7. The lowest BCUT2D eigenvalue weighted by atomic mass is 10.2. The summed E-state index contributed by atoms with van der Waals surface area (Å²) in [6.07, 6.45) is 0. The first-order chi connectivity index (χ1) is 12.1. The summed E-state index contributed by atoms with van der Waals surface area (Å²) in [5.74, 6) is -0.458. The van der Waals surface area contributed by atoms with Gasteiger partial charge in [-0.15, -0.1) is 0 Å². The van der Waals surface area contributed by atoms with E-state index in [1.54, 1.807) is 30.3 Å². The molecule has 0 fully saturated rings. The van der Waals surface area contributed by atoms with Gasteiger partial charge in [-0.1, -0.05) is 6.07 Å². The van der Waals surface area contributed by atoms with Crippen molar-refractivity contribution in [3.63, 3.8) is 0 Å². The van der Waals surface area contributed by atoms with Gasteiger partial charge in [0.05, 0.1) is 25.9 Å². The van der Waals surface area contributed by atoms with Crippen molar-refractivity contribution in [2.45, 2.75) is 0 Å². The lowest BCUT2D eigenvalue weighted by molar-refractivity contribution is -0.119. The maximum atomic E-state index is 12.2. The number of carbonyl (C=O) groups is 2. The van der Waals surface area contributed by atoms with Gasteiger partial charge in [-0.05, 0) is 36.4 Å². The Labute approximate surface area is 144 Å². The third kappa shape index (κ3) is 4.72. The van der Waals surface area contributed by atoms with Crippen LogP contribution in [0.1, 0.15) is 15.9 Å². The summed E-state index contributed by atoms with van der Waals surface area (Å²) in [5.41, 5.74) is 1.01. The van der Waals surface area contributed by atoms with E-state index < -0.39 is 18.5 Å². The van der Waals surface area contributed by atoms with E-state index >= 15 is 0 Å². The predicted octanol–water partition coefficient (Wildman–Crippen LogP) is 2.37. The van der Waals surface area contributed by atoms with Gasteiger partial charge in [0.15, 0.2) is 6.61 Å². The molecule has 0 saturated carbocycles. The summed E-state index contributed by atoms with van der Waals surface area (Å²) < 4.78 is 15.2. The molecule has 0 saturated heterocycles. The van der Waals surface area contributed by atoms with E-state index in [2.05, 4.69) is 5.32 Å². The number of hydrogen-bond donors (Lipinski definition) is 1. The lowest BCUT2D eigenvalue weighted by Gasteiger charge is -2.10. The molecule has 0 atom stereocenters. The van der Waals surface area contributed by atoms with E-state index in [9.17, 15) is 9.59 Å². The summed E-state index contributed by atoms with van der Waals surface area (Å²) in [6.45, 7) is -0.476. The first-order valence-corrected chi connectivity index (χ1v) is 7.26. The summed E-state index contributed by atoms with van der Waals surface area (Å²) in [4.78, 5) is 24.1. The Bertz CT molecular complexity index is 826. The van der Waals surface area contributed by atoms with Crippen LogP contribution in [0.2, 0.25) is 0 Å². The van der Waals surface area contributed by atoms with Crippen LogP contribution in [0.15, 0.2) is 42.5 Å². The number of rotatable bonds is 6. The predicted molar refractivity (Wildman–Crippen MR) is 89.6 cm³/mol. The highest BCUT2D eigenvalue weighted by atomic mass is 16.5. The summed E-state index contributed by atoms with van der Waals surface area (Å²) in [7, 11) is 2.90. The van der Waals surface area contributed by atoms with Crippen LogP contribution in [0.5, 0.6) is 11.5 Å². The van der Waals surface area contributed by atoms with Gasteiger partial charge in [-0.2, -0.15) is 5.26 Å². The molecule has 0 aliphatic carbocycles. The Hall–Kier alpha value is -3.53. The minimum absolute atomic E-state index is 0.154. The summed E-state index contributed by atoms with van der Waals surface area (Å²) in [6, 6.07) is 13.1. The van der Waals surface area contributed by atoms with Gasteiger partial charge in [0.1, 0.15) is 17.1 Å². The zero-order chi connectivity index (χ0) is 18.2. The topological polar surface area (TPSA) is 97.7 Å². The molecular formula is C18H16N2O5. The second kappa shape index (κ2) is 8.36. The second-order valence-corrected chi connectivity index (χ2v) is 4.88. The van der Waals surface area contributed by atoms with Gasteiger partial charge in [0.2, 0.25) is 0 Å². The van der Waals surface area contributed by atoms with Crippen molar-refractivity contribution in [3.05, 3.63) is 53.6 Å². The smallest absolute Gasteiger partial charge is 0.342 e. The van der Waals surface area contributed by atoms with E-state index in [1.807, 2.05) is 6.07 Å². The van der Waals surface area contributed by atoms with Crippen LogP contribution in [-0.2, 0) is 9.53 Å². The minimum Gasteiger partial charge on any atom is -0.497 e. The molecule has 0 aromatic heterocycles. The van der Waals surface area contributed by atoms with Crippen molar-refractivity contribution < 1.29 is 23.8 Å². The molecule has 0 heterocycles. The molecule has 1 amide bonds. The molecule has 128 valence electrons. The number of benzene rings is 2. The van der Waals surface area contributed by atoms with Gasteiger partial charge in [0.25, 0.3) is 5.91 Å². The van der Waals surface area contributed by atoms with Gasteiger partial charge in [-0.3, -0.25) is 4.79 Å². The number of hydrogen-bond acceptors (Lipinski definition) is 6. The number of carbonyl (C=O) groups excluding carboxylic acids is 2. The van der Waals surface area contributed by atoms with Crippen molar-refractivity contribution in [2.75, 3.05) is 26.1 Å². The maximum absolute atomic E-state index is 12.2. The Morgan fingerprint density at radius 1 is 1.12 bits per heavy atom. The number of nitriles is 1. The highest BCUT2D eigenvalue weighted by molar-refractivity contribution is 5.97. The molecule has 2 aromatic rings. The summed E-state index contributed by atoms with van der Waals surface area (Å²) in [5, 5.41) is 11.4. The van der Waals surface area contributed by atoms with Crippen molar-refractivity contribution in [1.82, 2.24) is 0 Å². The highest BCUT2D eigenvalue weighted by Gasteiger charge is 2.16. The van der Waals surface area contributed by atoms with Crippen LogP contribution in [0, 0.1) is 11.3 Å². The maximum Gasteiger partial charge on any atom is 0.342 e. The van der Waals surface area contributed by atoms with E-state index in [0.717, 1.165) is 0 Å². The Balaban J connectivity index is 1.99. The van der Waals surface area contributed by atoms with Crippen molar-refractivity contribution in [1.29, 1.82) is 5.26 Å². The molecule has 0 bridgehead atoms. The molecule has 0 unspecified atom stereocenters. The number of ether oxygens (including phenoxy) is 3. The highest BCUT2D eigenvalue weighted by Crippen LogP contribution is 2.24. The quantitative estimate of drug-likeness (QED) is 0.811. The molecule has 0 radical (unpaired) electrons. The summed E-state index contributed by atoms with van der Waals surface area (Å²) >= 11 is 0. The largest absolute Gasteiger partial charge is 0.497 e. The van der Waals surface area contributed by atoms with Crippen LogP contribution >= 0.6 is 0 Å². The molecule has 0 aliphatic rings. The van der Waals surface area contributed by atoms with Crippen molar-refractivity contribution >= 4 is 17.6 Å². The van der Waals surface area contributed by atoms with E-state index in [-0.39, 0.29) is 5.56 Å². The third-order valence-corrected chi connectivity index (χ3v) is 3.24. The second-order valence-electron chi connectivity index (χ2n) is 4.88. The third-order valence-electron chi connectivity index (χ3n) is 3.24. The van der Waals surface area contributed by atoms with Crippen LogP contribution in [0.4, 0.5) is 5.69 Å². The first-order valence-electron chi connectivity index (χ1n) is 7.26. The average molecular weight is 340 g/mol. The number of amides is 1. The Morgan fingerprint density at radius 3 is 2.60 bits per heavy atom. The Kier molecular flexibility index (Phi) is 5.96. The molecule has 2 aromatic carbocycles. The molecule has 25 heavy (non-hydrogen) atoms. The number of methoxy groups -OCH3 is 2. The fourth-order valence-electron chi connectivity index (χ4n) is 2.05. The number of esters is 1. The normalized spacial score (nSPS) is 9.64. The van der Waals surface area contributed by atoms with Crippen molar-refractivity contribution in [2.24, 2.45) is 0 Å². The van der Waals surface area contributed by atoms with Crippen molar-refractivity contribution in [3.8, 4) is 17.6 Å². The average Bonchev–Trinajstić information content (AvgIpc) is 2.65. The van der Waals surface area contributed by atoms with Crippen LogP contribution in [-0.4, -0.2) is 32.7 Å². The fourth-order valence-corrected chi connectivity index (χ4v) is 2.05. The Morgan fingerprint density at radius 2 is 1.92 bits per heavy atom. The van der Waals surface area contributed by atoms with E-state index in [4.69, 9.17) is 19.5 Å². The molecule has 0 spiro atoms. The molecular weight excluding hydrogens is 324 g/mol. The molecule has 0 aliphatic heterocycles. The van der Waals surface area contributed by atoms with Crippen LogP contribution in [0.25, 0.3) is 0 Å². The van der Waals surface area contributed by atoms with Gasteiger partial charge < -0.3 is 19.5 Å². The van der Waals surface area contributed by atoms with E-state index in [1.165, 1.54) is 26.4 Å². The van der Waals surface area contributed by atoms with Gasteiger partial charge in [0, 0.05) is 5.69 Å². The van der Waals surface area contributed by atoms with Gasteiger partial charge in [-0.25, -0.2) is 4.79 Å². The monoisotopic (exact) mass is 340 g/mol. The standard InChI is InChI=1S/C18H16N2O5/c1-23-14-6-7-16(24-2)15(9-14)18(22)25-11-17(21)20-13-5-3-4-12(8-13)10-19/h3-9H,11H2,1-2H3,(H,20,21). The molecule has 7 nitrogen and oxygen atoms in total. The molecule has 1 N–H and O–H groups in total. The van der Waals surface area contributed by atoms with Gasteiger partial charge >= 0.3 is 5.97 Å².